The second kappa shape index (κ2) is 7.80. The average Bonchev–Trinajstić information content (AvgIpc) is 2.70. The summed E-state index contributed by atoms with van der Waals surface area (Å²) in [6, 6.07) is 11.0. The van der Waals surface area contributed by atoms with E-state index in [1.54, 1.807) is 10.6 Å². The summed E-state index contributed by atoms with van der Waals surface area (Å²) in [7, 11) is 0. The van der Waals surface area contributed by atoms with E-state index in [0.717, 1.165) is 26.5 Å². The Morgan fingerprint density at radius 1 is 1.10 bits per heavy atom. The first-order chi connectivity index (χ1) is 13.9. The third-order valence-electron chi connectivity index (χ3n) is 5.07. The maximum absolute atomic E-state index is 12.9. The predicted molar refractivity (Wildman–Crippen MR) is 121 cm³/mol. The molecule has 0 amide bonds. The SMILES string of the molecule is CCn1c(SCc2cc(=O)oc3c(C)c(C)ccc23)nc2ccc(Br)cc2c1=O. The molecule has 0 spiro atoms. The highest BCUT2D eigenvalue weighted by atomic mass is 79.9. The molecule has 0 aliphatic heterocycles. The number of hydrogen-bond acceptors (Lipinski definition) is 5. The van der Waals surface area contributed by atoms with Gasteiger partial charge in [-0.2, -0.15) is 0 Å². The number of nitrogens with zero attached hydrogens (tertiary/aromatic N) is 2. The van der Waals surface area contributed by atoms with Crippen LogP contribution >= 0.6 is 27.7 Å². The van der Waals surface area contributed by atoms with Crippen molar-refractivity contribution >= 4 is 49.6 Å². The number of aromatic nitrogens is 2. The first kappa shape index (κ1) is 19.9. The Morgan fingerprint density at radius 2 is 1.90 bits per heavy atom. The van der Waals surface area contributed by atoms with E-state index in [1.807, 2.05) is 45.0 Å². The molecule has 0 bridgehead atoms. The Balaban J connectivity index is 1.79. The van der Waals surface area contributed by atoms with E-state index < -0.39 is 0 Å². The van der Waals surface area contributed by atoms with Crippen molar-refractivity contribution in [3.05, 3.63) is 78.3 Å². The fourth-order valence-corrected chi connectivity index (χ4v) is 4.76. The van der Waals surface area contributed by atoms with Crippen LogP contribution in [-0.2, 0) is 12.3 Å². The molecule has 148 valence electrons. The van der Waals surface area contributed by atoms with Gasteiger partial charge in [0.25, 0.3) is 5.56 Å². The first-order valence-corrected chi connectivity index (χ1v) is 11.0. The lowest BCUT2D eigenvalue weighted by molar-refractivity contribution is 0.557. The second-order valence-corrected chi connectivity index (χ2v) is 8.73. The molecule has 0 unspecified atom stereocenters. The minimum Gasteiger partial charge on any atom is -0.422 e. The number of rotatable bonds is 4. The monoisotopic (exact) mass is 470 g/mol. The van der Waals surface area contributed by atoms with E-state index in [0.29, 0.717) is 33.9 Å². The van der Waals surface area contributed by atoms with Crippen molar-refractivity contribution in [1.29, 1.82) is 0 Å². The fourth-order valence-electron chi connectivity index (χ4n) is 3.35. The van der Waals surface area contributed by atoms with Crippen LogP contribution in [0.15, 0.2) is 60.0 Å². The van der Waals surface area contributed by atoms with Gasteiger partial charge in [-0.05, 0) is 55.7 Å². The Bertz CT molecular complexity index is 1370. The predicted octanol–water partition coefficient (Wildman–Crippen LogP) is 5.19. The van der Waals surface area contributed by atoms with Crippen molar-refractivity contribution in [2.75, 3.05) is 0 Å². The molecule has 2 heterocycles. The quantitative estimate of drug-likeness (QED) is 0.233. The molecule has 2 aromatic carbocycles. The van der Waals surface area contributed by atoms with Gasteiger partial charge in [0.1, 0.15) is 5.58 Å². The summed E-state index contributed by atoms with van der Waals surface area (Å²) in [4.78, 5) is 29.7. The minimum absolute atomic E-state index is 0.0646. The molecule has 4 rings (SSSR count). The van der Waals surface area contributed by atoms with Crippen molar-refractivity contribution in [2.24, 2.45) is 0 Å². The highest BCUT2D eigenvalue weighted by Gasteiger charge is 2.14. The zero-order chi connectivity index (χ0) is 20.7. The lowest BCUT2D eigenvalue weighted by Gasteiger charge is -2.12. The van der Waals surface area contributed by atoms with Gasteiger partial charge in [0.2, 0.25) is 0 Å². The van der Waals surface area contributed by atoms with Gasteiger partial charge in [-0.25, -0.2) is 9.78 Å². The summed E-state index contributed by atoms with van der Waals surface area (Å²) in [6.45, 7) is 6.39. The number of hydrogen-bond donors (Lipinski definition) is 0. The molecule has 0 atom stereocenters. The lowest BCUT2D eigenvalue weighted by Crippen LogP contribution is -2.22. The Kier molecular flexibility index (Phi) is 5.36. The molecule has 0 radical (unpaired) electrons. The van der Waals surface area contributed by atoms with Crippen LogP contribution in [-0.4, -0.2) is 9.55 Å². The summed E-state index contributed by atoms with van der Waals surface area (Å²) in [5, 5.41) is 2.13. The molecular formula is C22H19BrN2O3S. The van der Waals surface area contributed by atoms with Crippen molar-refractivity contribution in [3.8, 4) is 0 Å². The van der Waals surface area contributed by atoms with Gasteiger partial charge < -0.3 is 4.42 Å². The number of thioether (sulfide) groups is 1. The van der Waals surface area contributed by atoms with Gasteiger partial charge in [0.05, 0.1) is 10.9 Å². The molecule has 5 nitrogen and oxygen atoms in total. The fraction of sp³-hybridized carbons (Fsp3) is 0.227. The number of fused-ring (bicyclic) bond motifs is 2. The third-order valence-corrected chi connectivity index (χ3v) is 6.59. The molecule has 0 saturated heterocycles. The van der Waals surface area contributed by atoms with Crippen LogP contribution in [0.4, 0.5) is 0 Å². The molecule has 4 aromatic rings. The molecule has 2 aromatic heterocycles. The van der Waals surface area contributed by atoms with E-state index >= 15 is 0 Å². The zero-order valence-electron chi connectivity index (χ0n) is 16.3. The normalized spacial score (nSPS) is 11.4. The van der Waals surface area contributed by atoms with E-state index in [2.05, 4.69) is 15.9 Å². The average molecular weight is 471 g/mol. The smallest absolute Gasteiger partial charge is 0.336 e. The summed E-state index contributed by atoms with van der Waals surface area (Å²) in [5.74, 6) is 0.513. The summed E-state index contributed by atoms with van der Waals surface area (Å²) in [5.41, 5.74) is 3.76. The third kappa shape index (κ3) is 3.65. The van der Waals surface area contributed by atoms with Crippen LogP contribution in [0, 0.1) is 13.8 Å². The summed E-state index contributed by atoms with van der Waals surface area (Å²) >= 11 is 4.86. The zero-order valence-corrected chi connectivity index (χ0v) is 18.7. The molecule has 0 N–H and O–H groups in total. The highest BCUT2D eigenvalue weighted by molar-refractivity contribution is 9.10. The highest BCUT2D eigenvalue weighted by Crippen LogP contribution is 2.28. The maximum Gasteiger partial charge on any atom is 0.336 e. The molecular weight excluding hydrogens is 452 g/mol. The van der Waals surface area contributed by atoms with Crippen LogP contribution in [0.1, 0.15) is 23.6 Å². The van der Waals surface area contributed by atoms with Crippen LogP contribution in [0.5, 0.6) is 0 Å². The maximum atomic E-state index is 12.9. The van der Waals surface area contributed by atoms with E-state index in [9.17, 15) is 9.59 Å². The number of halogens is 1. The molecule has 0 aliphatic carbocycles. The van der Waals surface area contributed by atoms with E-state index in [4.69, 9.17) is 9.40 Å². The largest absolute Gasteiger partial charge is 0.422 e. The van der Waals surface area contributed by atoms with E-state index in [1.165, 1.54) is 17.8 Å². The Morgan fingerprint density at radius 3 is 2.66 bits per heavy atom. The van der Waals surface area contributed by atoms with Crippen LogP contribution in [0.3, 0.4) is 0 Å². The topological polar surface area (TPSA) is 65.1 Å². The van der Waals surface area contributed by atoms with Crippen LogP contribution in [0.2, 0.25) is 0 Å². The Labute approximate surface area is 179 Å². The van der Waals surface area contributed by atoms with Gasteiger partial charge in [-0.15, -0.1) is 0 Å². The van der Waals surface area contributed by atoms with Crippen LogP contribution < -0.4 is 11.2 Å². The van der Waals surface area contributed by atoms with Crippen molar-refractivity contribution < 1.29 is 4.42 Å². The van der Waals surface area contributed by atoms with Gasteiger partial charge in [0, 0.05) is 28.2 Å². The number of benzene rings is 2. The van der Waals surface area contributed by atoms with Gasteiger partial charge in [-0.1, -0.05) is 39.8 Å². The lowest BCUT2D eigenvalue weighted by atomic mass is 10.0. The molecule has 0 saturated carbocycles. The van der Waals surface area contributed by atoms with Crippen LogP contribution in [0.25, 0.3) is 21.9 Å². The van der Waals surface area contributed by atoms with Gasteiger partial charge in [0.15, 0.2) is 5.16 Å². The molecule has 0 fully saturated rings. The number of aryl methyl sites for hydroxylation is 2. The van der Waals surface area contributed by atoms with Crippen molar-refractivity contribution in [2.45, 2.75) is 38.2 Å². The summed E-state index contributed by atoms with van der Waals surface area (Å²) < 4.78 is 7.98. The van der Waals surface area contributed by atoms with Crippen molar-refractivity contribution in [1.82, 2.24) is 9.55 Å². The molecule has 7 heteroatoms. The molecule has 0 aliphatic rings. The second-order valence-electron chi connectivity index (χ2n) is 6.87. The van der Waals surface area contributed by atoms with Gasteiger partial charge >= 0.3 is 5.63 Å². The standard InChI is InChI=1S/C22H19BrN2O3S/c1-4-25-21(27)17-10-15(23)6-8-18(17)24-22(25)29-11-14-9-19(26)28-20-13(3)12(2)5-7-16(14)20/h5-10H,4,11H2,1-3H3. The van der Waals surface area contributed by atoms with E-state index in [-0.39, 0.29) is 11.2 Å². The molecule has 29 heavy (non-hydrogen) atoms. The van der Waals surface area contributed by atoms with Gasteiger partial charge in [-0.3, -0.25) is 9.36 Å². The first-order valence-electron chi connectivity index (χ1n) is 9.25. The Hall–Kier alpha value is -2.38. The minimum atomic E-state index is -0.369. The summed E-state index contributed by atoms with van der Waals surface area (Å²) in [6.07, 6.45) is 0. The van der Waals surface area contributed by atoms with Crippen molar-refractivity contribution in [3.63, 3.8) is 0 Å².